The van der Waals surface area contributed by atoms with E-state index in [9.17, 15) is 15.0 Å². The molecule has 4 aromatic heterocycles. The Hall–Kier alpha value is -2.86. The Morgan fingerprint density at radius 1 is 1.25 bits per heavy atom. The molecule has 0 aliphatic carbocycles. The minimum Gasteiger partial charge on any atom is -0.420 e. The molecule has 16 heteroatoms. The number of halogens is 2. The van der Waals surface area contributed by atoms with Crippen LogP contribution in [-0.2, 0) is 16.1 Å². The molecule has 190 valence electrons. The third kappa shape index (κ3) is 4.30. The van der Waals surface area contributed by atoms with Crippen LogP contribution < -0.4 is 15.5 Å². The van der Waals surface area contributed by atoms with Gasteiger partial charge in [0.05, 0.1) is 22.1 Å². The lowest BCUT2D eigenvalue weighted by Crippen LogP contribution is -2.41. The highest BCUT2D eigenvalue weighted by Crippen LogP contribution is 2.33. The third-order valence-electron chi connectivity index (χ3n) is 5.59. The monoisotopic (exact) mass is 629 g/mol. The number of anilines is 2. The van der Waals surface area contributed by atoms with E-state index < -0.39 is 30.4 Å². The van der Waals surface area contributed by atoms with Gasteiger partial charge in [0.25, 0.3) is 11.9 Å². The number of hydrogen-bond donors (Lipinski definition) is 4. The smallest absolute Gasteiger partial charge is 0.299 e. The van der Waals surface area contributed by atoms with Crippen LogP contribution in [0.3, 0.4) is 0 Å². The van der Waals surface area contributed by atoms with Crippen LogP contribution in [0.25, 0.3) is 22.4 Å². The summed E-state index contributed by atoms with van der Waals surface area (Å²) in [6.45, 7) is 0.269. The van der Waals surface area contributed by atoms with Gasteiger partial charge >= 0.3 is 0 Å². The van der Waals surface area contributed by atoms with Gasteiger partial charge in [-0.3, -0.25) is 9.36 Å². The molecule has 36 heavy (non-hydrogen) atoms. The van der Waals surface area contributed by atoms with Gasteiger partial charge < -0.3 is 34.9 Å². The highest BCUT2D eigenvalue weighted by molar-refractivity contribution is 14.1. The molecule has 1 amide bonds. The standard InChI is InChI=1S/C20H21ClIN9O5/c1-23-17(34)13-10(32)11(33)18(35-13)31-6-25-9-14(27-19(21)29-16(9)31)24-5-7-4-8(22)12-15(26-7)28-20(36-12)30(2)3/h4,6,10-11,13,18,32-33H,5H2,1-3H3,(H,23,34)(H,24,27,29)/t10-,11+,13-,18+/m0/s1. The van der Waals surface area contributed by atoms with E-state index in [1.54, 1.807) is 4.90 Å². The second kappa shape index (κ2) is 9.55. The molecule has 1 saturated heterocycles. The number of fused-ring (bicyclic) bond motifs is 2. The Morgan fingerprint density at radius 3 is 2.75 bits per heavy atom. The fraction of sp³-hybridized carbons (Fsp3) is 0.400. The van der Waals surface area contributed by atoms with Crippen LogP contribution >= 0.6 is 34.2 Å². The highest BCUT2D eigenvalue weighted by atomic mass is 127. The lowest BCUT2D eigenvalue weighted by atomic mass is 10.1. The number of nitrogens with zero attached hydrogens (tertiary/aromatic N) is 7. The number of aliphatic hydroxyl groups excluding tert-OH is 2. The van der Waals surface area contributed by atoms with E-state index in [1.165, 1.54) is 17.9 Å². The zero-order valence-corrected chi connectivity index (χ0v) is 22.1. The van der Waals surface area contributed by atoms with Crippen molar-refractivity contribution in [3.8, 4) is 0 Å². The Morgan fingerprint density at radius 2 is 2.03 bits per heavy atom. The van der Waals surface area contributed by atoms with Crippen molar-refractivity contribution in [2.24, 2.45) is 0 Å². The molecule has 0 spiro atoms. The van der Waals surface area contributed by atoms with Gasteiger partial charge in [-0.2, -0.15) is 15.0 Å². The number of aliphatic hydroxyl groups is 2. The zero-order chi connectivity index (χ0) is 25.7. The Bertz CT molecular complexity index is 1460. The fourth-order valence-corrected chi connectivity index (χ4v) is 4.69. The number of rotatable bonds is 6. The quantitative estimate of drug-likeness (QED) is 0.173. The van der Waals surface area contributed by atoms with Crippen LogP contribution in [0.2, 0.25) is 5.28 Å². The number of likely N-dealkylation sites (N-methyl/N-ethyl adjacent to an activating group) is 1. The van der Waals surface area contributed by atoms with Crippen LogP contribution in [0.4, 0.5) is 11.8 Å². The van der Waals surface area contributed by atoms with Gasteiger partial charge in [-0.1, -0.05) is 0 Å². The molecule has 1 aliphatic heterocycles. The van der Waals surface area contributed by atoms with Crippen molar-refractivity contribution in [3.05, 3.63) is 26.9 Å². The second-order valence-electron chi connectivity index (χ2n) is 8.20. The largest absolute Gasteiger partial charge is 0.420 e. The van der Waals surface area contributed by atoms with Crippen molar-refractivity contribution in [1.82, 2.24) is 34.8 Å². The Balaban J connectivity index is 1.43. The molecule has 0 aromatic carbocycles. The number of aromatic nitrogens is 6. The van der Waals surface area contributed by atoms with E-state index in [0.29, 0.717) is 34.3 Å². The van der Waals surface area contributed by atoms with Gasteiger partial charge in [0, 0.05) is 21.1 Å². The first-order valence-electron chi connectivity index (χ1n) is 10.7. The molecule has 5 heterocycles. The summed E-state index contributed by atoms with van der Waals surface area (Å²) in [6.07, 6.45) is -3.83. The van der Waals surface area contributed by atoms with Gasteiger partial charge in [-0.25, -0.2) is 9.97 Å². The SMILES string of the molecule is CNC(=O)[C@H]1O[C@@H](n2cnc3c(NCc4cc(I)c5oc(N(C)C)nc5n4)nc(Cl)nc32)[C@H](O)[C@@H]1O. The van der Waals surface area contributed by atoms with E-state index in [1.807, 2.05) is 20.2 Å². The maximum Gasteiger partial charge on any atom is 0.299 e. The van der Waals surface area contributed by atoms with E-state index in [2.05, 4.69) is 58.1 Å². The van der Waals surface area contributed by atoms with Crippen LogP contribution in [0, 0.1) is 3.57 Å². The number of pyridine rings is 1. The first kappa shape index (κ1) is 24.8. The van der Waals surface area contributed by atoms with Crippen molar-refractivity contribution in [1.29, 1.82) is 0 Å². The number of imidazole rings is 1. The molecular formula is C20H21ClIN9O5. The number of hydrogen-bond acceptors (Lipinski definition) is 12. The topological polar surface area (TPSA) is 177 Å². The van der Waals surface area contributed by atoms with Gasteiger partial charge in [0.2, 0.25) is 10.9 Å². The lowest BCUT2D eigenvalue weighted by Gasteiger charge is -2.16. The summed E-state index contributed by atoms with van der Waals surface area (Å²) >= 11 is 8.34. The van der Waals surface area contributed by atoms with Crippen molar-refractivity contribution < 1.29 is 24.2 Å². The number of oxazole rings is 1. The van der Waals surface area contributed by atoms with Crippen LogP contribution in [-0.4, -0.2) is 85.1 Å². The molecule has 4 N–H and O–H groups in total. The Kier molecular flexibility index (Phi) is 6.58. The first-order valence-corrected chi connectivity index (χ1v) is 12.1. The average Bonchev–Trinajstić information content (AvgIpc) is 3.54. The number of amides is 1. The molecule has 0 unspecified atom stereocenters. The molecule has 14 nitrogen and oxygen atoms in total. The predicted octanol–water partition coefficient (Wildman–Crippen LogP) is 0.664. The predicted molar refractivity (Wildman–Crippen MR) is 136 cm³/mol. The zero-order valence-electron chi connectivity index (χ0n) is 19.2. The summed E-state index contributed by atoms with van der Waals surface area (Å²) in [5.41, 5.74) is 2.35. The average molecular weight is 630 g/mol. The number of carbonyl (C=O) groups is 1. The van der Waals surface area contributed by atoms with E-state index in [-0.39, 0.29) is 17.5 Å². The van der Waals surface area contributed by atoms with Crippen molar-refractivity contribution in [2.75, 3.05) is 31.4 Å². The third-order valence-corrected chi connectivity index (χ3v) is 6.56. The summed E-state index contributed by atoms with van der Waals surface area (Å²) in [5.74, 6) is -0.238. The molecule has 4 aromatic rings. The summed E-state index contributed by atoms with van der Waals surface area (Å²) in [6, 6.07) is 2.32. The summed E-state index contributed by atoms with van der Waals surface area (Å²) in [5, 5.41) is 26.3. The normalized spacial score (nSPS) is 21.9. The first-order chi connectivity index (χ1) is 17.2. The summed E-state index contributed by atoms with van der Waals surface area (Å²) < 4.78 is 13.6. The summed E-state index contributed by atoms with van der Waals surface area (Å²) in [4.78, 5) is 35.5. The lowest BCUT2D eigenvalue weighted by molar-refractivity contribution is -0.137. The van der Waals surface area contributed by atoms with Gasteiger partial charge in [0.1, 0.15) is 12.2 Å². The maximum atomic E-state index is 12.0. The number of carbonyl (C=O) groups excluding carboxylic acids is 1. The summed E-state index contributed by atoms with van der Waals surface area (Å²) in [7, 11) is 5.07. The van der Waals surface area contributed by atoms with Crippen LogP contribution in [0.15, 0.2) is 16.8 Å². The van der Waals surface area contributed by atoms with Crippen molar-refractivity contribution >= 4 is 74.3 Å². The van der Waals surface area contributed by atoms with Crippen LogP contribution in [0.1, 0.15) is 11.9 Å². The van der Waals surface area contributed by atoms with Gasteiger partial charge in [0.15, 0.2) is 34.9 Å². The maximum absolute atomic E-state index is 12.0. The van der Waals surface area contributed by atoms with Crippen LogP contribution in [0.5, 0.6) is 0 Å². The van der Waals surface area contributed by atoms with E-state index in [4.69, 9.17) is 20.8 Å². The molecule has 0 radical (unpaired) electrons. The van der Waals surface area contributed by atoms with Crippen molar-refractivity contribution in [2.45, 2.75) is 31.1 Å². The molecule has 4 atom stereocenters. The highest BCUT2D eigenvalue weighted by Gasteiger charge is 2.47. The number of ether oxygens (including phenoxy) is 1. The second-order valence-corrected chi connectivity index (χ2v) is 9.70. The van der Waals surface area contributed by atoms with Gasteiger partial charge in [-0.15, -0.1) is 0 Å². The Labute approximate surface area is 222 Å². The molecular weight excluding hydrogens is 609 g/mol. The van der Waals surface area contributed by atoms with E-state index in [0.717, 1.165) is 3.57 Å². The number of nitrogens with one attached hydrogen (secondary N) is 2. The molecule has 1 aliphatic rings. The molecule has 0 saturated carbocycles. The van der Waals surface area contributed by atoms with Gasteiger partial charge in [-0.05, 0) is 40.3 Å². The minimum atomic E-state index is -1.43. The molecule has 0 bridgehead atoms. The molecule has 5 rings (SSSR count). The minimum absolute atomic E-state index is 0.0762. The van der Waals surface area contributed by atoms with E-state index >= 15 is 0 Å². The molecule has 1 fully saturated rings. The van der Waals surface area contributed by atoms with Crippen molar-refractivity contribution in [3.63, 3.8) is 0 Å². The fourth-order valence-electron chi connectivity index (χ4n) is 3.82.